The number of nitrogens with one attached hydrogen (secondary N) is 1. The minimum absolute atomic E-state index is 0.353. The van der Waals surface area contributed by atoms with E-state index in [9.17, 15) is 19.5 Å². The fourth-order valence-electron chi connectivity index (χ4n) is 5.71. The summed E-state index contributed by atoms with van der Waals surface area (Å²) >= 11 is 0. The third-order valence-corrected chi connectivity index (χ3v) is 8.10. The molecule has 0 bridgehead atoms. The normalized spacial score (nSPS) is 26.8. The fourth-order valence-corrected chi connectivity index (χ4v) is 5.71. The average molecular weight is 630 g/mol. The minimum Gasteiger partial charge on any atom is -0.455 e. The lowest BCUT2D eigenvalue weighted by Gasteiger charge is -2.44. The van der Waals surface area contributed by atoms with Crippen LogP contribution in [0.5, 0.6) is 0 Å². The number of anilines is 1. The van der Waals surface area contributed by atoms with Crippen LogP contribution in [0.4, 0.5) is 10.5 Å². The molecule has 0 radical (unpaired) electrons. The summed E-state index contributed by atoms with van der Waals surface area (Å²) in [6, 6.07) is 27.8. The van der Waals surface area contributed by atoms with Gasteiger partial charge in [0.05, 0.1) is 18.4 Å². The van der Waals surface area contributed by atoms with E-state index in [1.165, 1.54) is 7.11 Å². The Hall–Kier alpha value is -4.51. The number of fused-ring (bicyclic) bond motifs is 1. The first-order chi connectivity index (χ1) is 22.4. The number of rotatable bonds is 8. The van der Waals surface area contributed by atoms with Crippen molar-refractivity contribution in [2.45, 2.75) is 56.4 Å². The SMILES string of the molecule is CO[C@H]1O[C@H](CO)[C@@H]2OC(=O)[C@@H](Cc3ccccc3)CC=CC[C@H](Cc3ccccc3)C(=O)O[C@@H]2[C@H]1OC(=O)Nc1ccccc1. The highest BCUT2D eigenvalue weighted by Gasteiger charge is 2.53. The van der Waals surface area contributed by atoms with Gasteiger partial charge in [0.2, 0.25) is 0 Å². The van der Waals surface area contributed by atoms with Crippen LogP contribution < -0.4 is 5.32 Å². The Kier molecular flexibility index (Phi) is 11.6. The summed E-state index contributed by atoms with van der Waals surface area (Å²) in [5.41, 5.74) is 2.37. The maximum atomic E-state index is 13.9. The number of aliphatic hydroxyl groups is 1. The number of aliphatic hydroxyl groups excluding tert-OH is 1. The number of allylic oxidation sites excluding steroid dienone is 2. The molecule has 2 heterocycles. The van der Waals surface area contributed by atoms with Gasteiger partial charge in [-0.2, -0.15) is 0 Å². The summed E-state index contributed by atoms with van der Waals surface area (Å²) in [6.07, 6.45) is -1.95. The van der Waals surface area contributed by atoms with E-state index in [0.717, 1.165) is 11.1 Å². The van der Waals surface area contributed by atoms with Crippen LogP contribution >= 0.6 is 0 Å². The van der Waals surface area contributed by atoms with Crippen LogP contribution in [-0.2, 0) is 46.1 Å². The summed E-state index contributed by atoms with van der Waals surface area (Å²) in [5.74, 6) is -2.32. The molecule has 0 aliphatic carbocycles. The monoisotopic (exact) mass is 629 g/mol. The lowest BCUT2D eigenvalue weighted by atomic mass is 9.92. The van der Waals surface area contributed by atoms with E-state index in [0.29, 0.717) is 31.4 Å². The van der Waals surface area contributed by atoms with Crippen LogP contribution in [0.1, 0.15) is 24.0 Å². The summed E-state index contributed by atoms with van der Waals surface area (Å²) < 4.78 is 29.4. The largest absolute Gasteiger partial charge is 0.455 e. The molecule has 0 saturated carbocycles. The highest BCUT2D eigenvalue weighted by atomic mass is 16.7. The van der Waals surface area contributed by atoms with Crippen molar-refractivity contribution in [1.29, 1.82) is 0 Å². The molecule has 7 atom stereocenters. The maximum Gasteiger partial charge on any atom is 0.412 e. The minimum atomic E-state index is -1.35. The summed E-state index contributed by atoms with van der Waals surface area (Å²) in [5, 5.41) is 13.0. The van der Waals surface area contributed by atoms with E-state index in [1.807, 2.05) is 72.8 Å². The van der Waals surface area contributed by atoms with Gasteiger partial charge in [-0.3, -0.25) is 14.9 Å². The molecule has 10 heteroatoms. The zero-order valence-corrected chi connectivity index (χ0v) is 25.6. The van der Waals surface area contributed by atoms with Crippen LogP contribution in [-0.4, -0.2) is 67.6 Å². The molecule has 46 heavy (non-hydrogen) atoms. The Morgan fingerprint density at radius 3 is 1.78 bits per heavy atom. The topological polar surface area (TPSA) is 130 Å². The van der Waals surface area contributed by atoms with Crippen molar-refractivity contribution in [2.24, 2.45) is 11.8 Å². The van der Waals surface area contributed by atoms with Gasteiger partial charge in [-0.1, -0.05) is 91.0 Å². The Balaban J connectivity index is 1.49. The molecule has 2 aliphatic heterocycles. The second-order valence-corrected chi connectivity index (χ2v) is 11.3. The molecule has 1 amide bonds. The van der Waals surface area contributed by atoms with Gasteiger partial charge in [-0.25, -0.2) is 4.79 Å². The number of hydrogen-bond donors (Lipinski definition) is 2. The molecule has 2 aliphatic rings. The van der Waals surface area contributed by atoms with E-state index in [-0.39, 0.29) is 0 Å². The summed E-state index contributed by atoms with van der Waals surface area (Å²) in [6.45, 7) is -0.578. The molecule has 5 rings (SSSR count). The maximum absolute atomic E-state index is 13.9. The molecule has 1 fully saturated rings. The van der Waals surface area contributed by atoms with Gasteiger partial charge >= 0.3 is 18.0 Å². The van der Waals surface area contributed by atoms with Gasteiger partial charge < -0.3 is 28.8 Å². The number of carbonyl (C=O) groups excluding carboxylic acids is 3. The Morgan fingerprint density at radius 1 is 0.783 bits per heavy atom. The van der Waals surface area contributed by atoms with Crippen LogP contribution in [0.2, 0.25) is 0 Å². The highest BCUT2D eigenvalue weighted by Crippen LogP contribution is 2.32. The number of hydrogen-bond acceptors (Lipinski definition) is 9. The Bertz CT molecular complexity index is 1450. The Labute approximate surface area is 268 Å². The molecule has 0 unspecified atom stereocenters. The molecule has 242 valence electrons. The van der Waals surface area contributed by atoms with E-state index in [2.05, 4.69) is 5.32 Å². The summed E-state index contributed by atoms with van der Waals surface area (Å²) in [4.78, 5) is 40.8. The van der Waals surface area contributed by atoms with E-state index in [1.54, 1.807) is 30.3 Å². The van der Waals surface area contributed by atoms with Gasteiger partial charge in [0.25, 0.3) is 0 Å². The van der Waals surface area contributed by atoms with Crippen LogP contribution in [0.3, 0.4) is 0 Å². The number of amides is 1. The number of carbonyl (C=O) groups is 3. The van der Waals surface area contributed by atoms with Crippen LogP contribution in [0.25, 0.3) is 0 Å². The van der Waals surface area contributed by atoms with Crippen molar-refractivity contribution in [2.75, 3.05) is 19.0 Å². The zero-order valence-electron chi connectivity index (χ0n) is 25.6. The first kappa shape index (κ1) is 32.9. The fraction of sp³-hybridized carbons (Fsp3) is 0.361. The van der Waals surface area contributed by atoms with Gasteiger partial charge in [0.15, 0.2) is 24.6 Å². The molecule has 0 aromatic heterocycles. The van der Waals surface area contributed by atoms with Crippen molar-refractivity contribution in [3.8, 4) is 0 Å². The second-order valence-electron chi connectivity index (χ2n) is 11.3. The molecule has 3 aromatic carbocycles. The van der Waals surface area contributed by atoms with Gasteiger partial charge in [0, 0.05) is 12.8 Å². The van der Waals surface area contributed by atoms with Crippen molar-refractivity contribution >= 4 is 23.7 Å². The number of para-hydroxylation sites is 1. The number of ether oxygens (including phenoxy) is 5. The zero-order chi connectivity index (χ0) is 32.3. The molecule has 2 N–H and O–H groups in total. The lowest BCUT2D eigenvalue weighted by Crippen LogP contribution is -2.63. The smallest absolute Gasteiger partial charge is 0.412 e. The van der Waals surface area contributed by atoms with Crippen LogP contribution in [0, 0.1) is 11.8 Å². The lowest BCUT2D eigenvalue weighted by molar-refractivity contribution is -0.299. The number of benzene rings is 3. The van der Waals surface area contributed by atoms with Gasteiger partial charge in [-0.15, -0.1) is 0 Å². The summed E-state index contributed by atoms with van der Waals surface area (Å²) in [7, 11) is 1.34. The van der Waals surface area contributed by atoms with Crippen molar-refractivity contribution in [1.82, 2.24) is 0 Å². The standard InChI is InChI=1S/C36H39NO9/c1-42-35-32(46-36(41)37-28-19-9-4-10-20-28)31-30(29(23-38)43-35)44-33(39)26(21-24-13-5-2-6-14-24)17-11-12-18-27(34(40)45-31)22-25-15-7-3-8-16-25/h2-16,19-20,26-27,29-32,35,38H,17-18,21-23H2,1H3,(H,37,41)/t26-,27-,29-,30+,31+,32-,35+/m1/s1. The first-order valence-electron chi connectivity index (χ1n) is 15.4. The Morgan fingerprint density at radius 2 is 1.28 bits per heavy atom. The molecule has 10 nitrogen and oxygen atoms in total. The van der Waals surface area contributed by atoms with Crippen molar-refractivity contribution < 1.29 is 43.2 Å². The number of methoxy groups -OCH3 is 1. The van der Waals surface area contributed by atoms with Gasteiger partial charge in [-0.05, 0) is 48.9 Å². The van der Waals surface area contributed by atoms with Crippen LogP contribution in [0.15, 0.2) is 103 Å². The third kappa shape index (κ3) is 8.60. The number of esters is 2. The third-order valence-electron chi connectivity index (χ3n) is 8.10. The molecular formula is C36H39NO9. The van der Waals surface area contributed by atoms with Crippen molar-refractivity contribution in [3.05, 3.63) is 114 Å². The van der Waals surface area contributed by atoms with E-state index >= 15 is 0 Å². The first-order valence-corrected chi connectivity index (χ1v) is 15.4. The molecular weight excluding hydrogens is 590 g/mol. The average Bonchev–Trinajstić information content (AvgIpc) is 3.07. The predicted molar refractivity (Wildman–Crippen MR) is 168 cm³/mol. The van der Waals surface area contributed by atoms with E-state index < -0.39 is 67.2 Å². The van der Waals surface area contributed by atoms with E-state index in [4.69, 9.17) is 23.7 Å². The van der Waals surface area contributed by atoms with Gasteiger partial charge in [0.1, 0.15) is 6.10 Å². The van der Waals surface area contributed by atoms with Crippen molar-refractivity contribution in [3.63, 3.8) is 0 Å². The molecule has 0 spiro atoms. The highest BCUT2D eigenvalue weighted by molar-refractivity contribution is 5.84. The molecule has 1 saturated heterocycles. The quantitative estimate of drug-likeness (QED) is 0.204. The molecule has 3 aromatic rings. The predicted octanol–water partition coefficient (Wildman–Crippen LogP) is 4.86. The second kappa shape index (κ2) is 16.2.